The summed E-state index contributed by atoms with van der Waals surface area (Å²) in [6, 6.07) is 13.4. The molecule has 0 radical (unpaired) electrons. The number of ether oxygens (including phenoxy) is 1. The zero-order chi connectivity index (χ0) is 13.8. The molecule has 0 fully saturated rings. The Kier molecular flexibility index (Phi) is 4.86. The molecule has 0 aromatic heterocycles. The Morgan fingerprint density at radius 1 is 1.26 bits per heavy atom. The van der Waals surface area contributed by atoms with Crippen LogP contribution >= 0.6 is 27.5 Å². The van der Waals surface area contributed by atoms with Crippen LogP contribution in [0.5, 0.6) is 5.75 Å². The van der Waals surface area contributed by atoms with Crippen molar-refractivity contribution in [2.75, 3.05) is 7.11 Å². The van der Waals surface area contributed by atoms with Gasteiger partial charge >= 0.3 is 0 Å². The highest BCUT2D eigenvalue weighted by atomic mass is 79.9. The highest BCUT2D eigenvalue weighted by molar-refractivity contribution is 9.10. The Balaban J connectivity index is 2.21. The number of hydrogen-bond acceptors (Lipinski definition) is 2. The Morgan fingerprint density at radius 3 is 2.74 bits per heavy atom. The van der Waals surface area contributed by atoms with Crippen molar-refractivity contribution >= 4 is 27.5 Å². The third kappa shape index (κ3) is 3.72. The van der Waals surface area contributed by atoms with Gasteiger partial charge in [-0.1, -0.05) is 39.7 Å². The molecular formula is C15H15BrClNO. The fourth-order valence-corrected chi connectivity index (χ4v) is 2.53. The van der Waals surface area contributed by atoms with E-state index in [2.05, 4.69) is 15.9 Å². The highest BCUT2D eigenvalue weighted by Crippen LogP contribution is 2.27. The van der Waals surface area contributed by atoms with Gasteiger partial charge in [0.1, 0.15) is 5.75 Å². The predicted octanol–water partition coefficient (Wildman–Crippen LogP) is 4.35. The summed E-state index contributed by atoms with van der Waals surface area (Å²) in [4.78, 5) is 0. The Labute approximate surface area is 126 Å². The van der Waals surface area contributed by atoms with Gasteiger partial charge in [-0.05, 0) is 47.9 Å². The first kappa shape index (κ1) is 14.4. The van der Waals surface area contributed by atoms with Crippen molar-refractivity contribution in [1.29, 1.82) is 0 Å². The average molecular weight is 341 g/mol. The first-order valence-electron chi connectivity index (χ1n) is 5.93. The van der Waals surface area contributed by atoms with Crippen LogP contribution in [0.3, 0.4) is 0 Å². The first-order chi connectivity index (χ1) is 9.10. The maximum Gasteiger partial charge on any atom is 0.119 e. The lowest BCUT2D eigenvalue weighted by Crippen LogP contribution is -2.13. The van der Waals surface area contributed by atoms with Crippen molar-refractivity contribution in [3.63, 3.8) is 0 Å². The van der Waals surface area contributed by atoms with Gasteiger partial charge in [-0.15, -0.1) is 0 Å². The molecule has 1 atom stereocenters. The van der Waals surface area contributed by atoms with Crippen LogP contribution in [0, 0.1) is 0 Å². The van der Waals surface area contributed by atoms with E-state index in [1.54, 1.807) is 7.11 Å². The molecule has 0 saturated heterocycles. The van der Waals surface area contributed by atoms with E-state index in [1.807, 2.05) is 42.5 Å². The van der Waals surface area contributed by atoms with Crippen LogP contribution in [0.25, 0.3) is 0 Å². The van der Waals surface area contributed by atoms with Crippen LogP contribution in [-0.2, 0) is 6.42 Å². The number of methoxy groups -OCH3 is 1. The largest absolute Gasteiger partial charge is 0.497 e. The molecule has 0 aliphatic heterocycles. The lowest BCUT2D eigenvalue weighted by molar-refractivity contribution is 0.414. The topological polar surface area (TPSA) is 35.2 Å². The maximum absolute atomic E-state index is 6.24. The SMILES string of the molecule is COc1ccc(Br)c(CC(N)c2cccc(Cl)c2)c1. The third-order valence-electron chi connectivity index (χ3n) is 2.97. The summed E-state index contributed by atoms with van der Waals surface area (Å²) in [6.45, 7) is 0. The second-order valence-corrected chi connectivity index (χ2v) is 5.61. The van der Waals surface area contributed by atoms with E-state index >= 15 is 0 Å². The fraction of sp³-hybridized carbons (Fsp3) is 0.200. The van der Waals surface area contributed by atoms with E-state index in [0.29, 0.717) is 5.02 Å². The quantitative estimate of drug-likeness (QED) is 0.898. The number of hydrogen-bond donors (Lipinski definition) is 1. The predicted molar refractivity (Wildman–Crippen MR) is 82.8 cm³/mol. The summed E-state index contributed by atoms with van der Waals surface area (Å²) < 4.78 is 6.27. The van der Waals surface area contributed by atoms with Crippen LogP contribution < -0.4 is 10.5 Å². The standard InChI is InChI=1S/C15H15BrClNO/c1-19-13-5-6-14(16)11(8-13)9-15(18)10-3-2-4-12(17)7-10/h2-8,15H,9,18H2,1H3. The van der Waals surface area contributed by atoms with E-state index in [-0.39, 0.29) is 6.04 Å². The lowest BCUT2D eigenvalue weighted by atomic mass is 9.99. The van der Waals surface area contributed by atoms with E-state index in [9.17, 15) is 0 Å². The monoisotopic (exact) mass is 339 g/mol. The number of halogens is 2. The molecule has 1 unspecified atom stereocenters. The maximum atomic E-state index is 6.24. The minimum Gasteiger partial charge on any atom is -0.497 e. The van der Waals surface area contributed by atoms with Crippen molar-refractivity contribution in [2.24, 2.45) is 5.73 Å². The summed E-state index contributed by atoms with van der Waals surface area (Å²) in [5.74, 6) is 0.830. The second kappa shape index (κ2) is 6.42. The van der Waals surface area contributed by atoms with Gasteiger partial charge in [0.2, 0.25) is 0 Å². The molecule has 0 saturated carbocycles. The summed E-state index contributed by atoms with van der Waals surface area (Å²) in [5.41, 5.74) is 8.38. The molecule has 2 N–H and O–H groups in total. The minimum atomic E-state index is -0.0953. The zero-order valence-electron chi connectivity index (χ0n) is 10.6. The van der Waals surface area contributed by atoms with Gasteiger partial charge in [-0.3, -0.25) is 0 Å². The normalized spacial score (nSPS) is 12.2. The van der Waals surface area contributed by atoms with E-state index < -0.39 is 0 Å². The van der Waals surface area contributed by atoms with Crippen LogP contribution in [0.4, 0.5) is 0 Å². The molecule has 4 heteroatoms. The molecule has 0 aliphatic rings. The molecule has 0 aliphatic carbocycles. The number of rotatable bonds is 4. The van der Waals surface area contributed by atoms with Crippen molar-refractivity contribution in [3.8, 4) is 5.75 Å². The molecular weight excluding hydrogens is 326 g/mol. The second-order valence-electron chi connectivity index (χ2n) is 4.32. The van der Waals surface area contributed by atoms with Gasteiger partial charge < -0.3 is 10.5 Å². The average Bonchev–Trinajstić information content (AvgIpc) is 2.41. The fourth-order valence-electron chi connectivity index (χ4n) is 1.93. The third-order valence-corrected chi connectivity index (χ3v) is 3.98. The molecule has 0 bridgehead atoms. The van der Waals surface area contributed by atoms with Crippen molar-refractivity contribution < 1.29 is 4.74 Å². The van der Waals surface area contributed by atoms with E-state index in [1.165, 1.54) is 0 Å². The summed E-state index contributed by atoms with van der Waals surface area (Å²) in [6.07, 6.45) is 0.720. The number of nitrogens with two attached hydrogens (primary N) is 1. The van der Waals surface area contributed by atoms with Gasteiger partial charge in [0.05, 0.1) is 7.11 Å². The van der Waals surface area contributed by atoms with Crippen molar-refractivity contribution in [3.05, 3.63) is 63.1 Å². The Morgan fingerprint density at radius 2 is 2.05 bits per heavy atom. The smallest absolute Gasteiger partial charge is 0.119 e. The Hall–Kier alpha value is -1.03. The van der Waals surface area contributed by atoms with Gasteiger partial charge in [-0.25, -0.2) is 0 Å². The van der Waals surface area contributed by atoms with Gasteiger partial charge in [0.25, 0.3) is 0 Å². The number of benzene rings is 2. The molecule has 2 aromatic rings. The van der Waals surface area contributed by atoms with E-state index in [4.69, 9.17) is 22.1 Å². The molecule has 2 rings (SSSR count). The van der Waals surface area contributed by atoms with Gasteiger partial charge in [-0.2, -0.15) is 0 Å². The van der Waals surface area contributed by atoms with Crippen LogP contribution in [0.1, 0.15) is 17.2 Å². The van der Waals surface area contributed by atoms with E-state index in [0.717, 1.165) is 27.8 Å². The molecule has 19 heavy (non-hydrogen) atoms. The summed E-state index contributed by atoms with van der Waals surface area (Å²) in [5, 5.41) is 0.706. The summed E-state index contributed by atoms with van der Waals surface area (Å²) >= 11 is 9.52. The molecule has 2 aromatic carbocycles. The van der Waals surface area contributed by atoms with Crippen molar-refractivity contribution in [1.82, 2.24) is 0 Å². The zero-order valence-corrected chi connectivity index (χ0v) is 12.9. The summed E-state index contributed by atoms with van der Waals surface area (Å²) in [7, 11) is 1.66. The molecule has 2 nitrogen and oxygen atoms in total. The van der Waals surface area contributed by atoms with Crippen LogP contribution in [0.2, 0.25) is 5.02 Å². The van der Waals surface area contributed by atoms with Gasteiger partial charge in [0.15, 0.2) is 0 Å². The van der Waals surface area contributed by atoms with Crippen molar-refractivity contribution in [2.45, 2.75) is 12.5 Å². The van der Waals surface area contributed by atoms with Crippen LogP contribution in [-0.4, -0.2) is 7.11 Å². The molecule has 0 amide bonds. The highest BCUT2D eigenvalue weighted by Gasteiger charge is 2.10. The Bertz CT molecular complexity index is 574. The minimum absolute atomic E-state index is 0.0953. The lowest BCUT2D eigenvalue weighted by Gasteiger charge is -2.14. The molecule has 0 spiro atoms. The van der Waals surface area contributed by atoms with Crippen LogP contribution in [0.15, 0.2) is 46.9 Å². The molecule has 100 valence electrons. The van der Waals surface area contributed by atoms with Gasteiger partial charge in [0, 0.05) is 15.5 Å². The molecule has 0 heterocycles. The first-order valence-corrected chi connectivity index (χ1v) is 7.10.